The van der Waals surface area contributed by atoms with Crippen LogP contribution in [0.15, 0.2) is 23.5 Å². The van der Waals surface area contributed by atoms with E-state index in [1.165, 1.54) is 6.26 Å². The lowest BCUT2D eigenvalue weighted by Gasteiger charge is -2.14. The maximum atomic E-state index is 12.1. The number of allylic oxidation sites excluding steroid dienone is 1. The molecule has 20 heavy (non-hydrogen) atoms. The molecule has 0 saturated heterocycles. The minimum atomic E-state index is -0.682. The van der Waals surface area contributed by atoms with Gasteiger partial charge in [-0.2, -0.15) is 0 Å². The number of esters is 1. The molecule has 2 fully saturated rings. The average molecular weight is 276 g/mol. The van der Waals surface area contributed by atoms with Crippen LogP contribution in [-0.2, 0) is 19.1 Å². The zero-order valence-electron chi connectivity index (χ0n) is 12.1. The summed E-state index contributed by atoms with van der Waals surface area (Å²) in [5.74, 6) is 1.83. The molecule has 2 unspecified atom stereocenters. The Morgan fingerprint density at radius 3 is 2.75 bits per heavy atom. The SMILES string of the molecule is CC1=C[C@H](O/C=C2/C(=O)C[C@@H]3C(C)C(C)C[C@H]23)OC1=O. The number of hydrogen-bond acceptors (Lipinski definition) is 4. The summed E-state index contributed by atoms with van der Waals surface area (Å²) in [6, 6.07) is 0. The Morgan fingerprint density at radius 1 is 1.35 bits per heavy atom. The van der Waals surface area contributed by atoms with Gasteiger partial charge in [0.05, 0.1) is 6.26 Å². The average Bonchev–Trinajstić information content (AvgIpc) is 2.96. The van der Waals surface area contributed by atoms with Crippen LogP contribution in [0.4, 0.5) is 0 Å². The third-order valence-electron chi connectivity index (χ3n) is 5.12. The molecule has 0 N–H and O–H groups in total. The molecule has 0 amide bonds. The van der Waals surface area contributed by atoms with Crippen LogP contribution in [0.3, 0.4) is 0 Å². The number of fused-ring (bicyclic) bond motifs is 1. The van der Waals surface area contributed by atoms with E-state index in [1.54, 1.807) is 13.0 Å². The number of cyclic esters (lactones) is 1. The number of ketones is 1. The molecule has 0 aromatic carbocycles. The molecule has 0 aromatic heterocycles. The van der Waals surface area contributed by atoms with Crippen molar-refractivity contribution < 1.29 is 19.1 Å². The van der Waals surface area contributed by atoms with E-state index in [0.717, 1.165) is 12.0 Å². The Labute approximate surface area is 118 Å². The minimum absolute atomic E-state index is 0.184. The van der Waals surface area contributed by atoms with Gasteiger partial charge in [0.15, 0.2) is 5.78 Å². The first-order valence-corrected chi connectivity index (χ1v) is 7.25. The molecule has 4 heteroatoms. The van der Waals surface area contributed by atoms with E-state index in [4.69, 9.17) is 9.47 Å². The van der Waals surface area contributed by atoms with E-state index in [1.807, 2.05) is 0 Å². The molecular weight excluding hydrogens is 256 g/mol. The Hall–Kier alpha value is -1.58. The highest BCUT2D eigenvalue weighted by atomic mass is 16.7. The highest BCUT2D eigenvalue weighted by molar-refractivity contribution is 5.98. The van der Waals surface area contributed by atoms with Crippen LogP contribution in [-0.4, -0.2) is 18.0 Å². The van der Waals surface area contributed by atoms with Crippen LogP contribution in [0.1, 0.15) is 33.6 Å². The fourth-order valence-electron chi connectivity index (χ4n) is 3.67. The molecule has 4 nitrogen and oxygen atoms in total. The summed E-state index contributed by atoms with van der Waals surface area (Å²) in [5, 5.41) is 0. The Kier molecular flexibility index (Phi) is 3.19. The fourth-order valence-corrected chi connectivity index (χ4v) is 3.67. The lowest BCUT2D eigenvalue weighted by atomic mass is 9.90. The molecule has 0 bridgehead atoms. The number of carbonyl (C=O) groups excluding carboxylic acids is 2. The minimum Gasteiger partial charge on any atom is -0.458 e. The Morgan fingerprint density at radius 2 is 2.10 bits per heavy atom. The summed E-state index contributed by atoms with van der Waals surface area (Å²) in [7, 11) is 0. The van der Waals surface area contributed by atoms with Crippen LogP contribution in [0.2, 0.25) is 0 Å². The zero-order valence-corrected chi connectivity index (χ0v) is 12.1. The third-order valence-corrected chi connectivity index (χ3v) is 5.12. The largest absolute Gasteiger partial charge is 0.458 e. The summed E-state index contributed by atoms with van der Waals surface area (Å²) in [4.78, 5) is 23.4. The molecule has 3 aliphatic rings. The first kappa shape index (κ1) is 13.4. The van der Waals surface area contributed by atoms with Gasteiger partial charge in [0.2, 0.25) is 0 Å². The maximum Gasteiger partial charge on any atom is 0.336 e. The molecule has 0 aromatic rings. The molecule has 1 heterocycles. The highest BCUT2D eigenvalue weighted by Gasteiger charge is 2.47. The van der Waals surface area contributed by atoms with Crippen molar-refractivity contribution in [1.29, 1.82) is 0 Å². The molecule has 1 aliphatic heterocycles. The highest BCUT2D eigenvalue weighted by Crippen LogP contribution is 2.51. The van der Waals surface area contributed by atoms with Crippen LogP contribution in [0.25, 0.3) is 0 Å². The van der Waals surface area contributed by atoms with Crippen molar-refractivity contribution in [1.82, 2.24) is 0 Å². The number of Topliss-reactive ketones (excluding diaryl/α,β-unsaturated/α-hetero) is 1. The molecule has 2 saturated carbocycles. The van der Waals surface area contributed by atoms with Gasteiger partial charge < -0.3 is 9.47 Å². The summed E-state index contributed by atoms with van der Waals surface area (Å²) >= 11 is 0. The number of hydrogen-bond donors (Lipinski definition) is 0. The van der Waals surface area contributed by atoms with Gasteiger partial charge in [-0.3, -0.25) is 4.79 Å². The van der Waals surface area contributed by atoms with Crippen molar-refractivity contribution in [2.24, 2.45) is 23.7 Å². The van der Waals surface area contributed by atoms with Gasteiger partial charge in [-0.1, -0.05) is 13.8 Å². The van der Waals surface area contributed by atoms with Gasteiger partial charge in [0.1, 0.15) is 0 Å². The Balaban J connectivity index is 1.72. The lowest BCUT2D eigenvalue weighted by molar-refractivity contribution is -0.152. The van der Waals surface area contributed by atoms with E-state index in [0.29, 0.717) is 35.7 Å². The van der Waals surface area contributed by atoms with Crippen molar-refractivity contribution >= 4 is 11.8 Å². The van der Waals surface area contributed by atoms with E-state index in [-0.39, 0.29) is 11.8 Å². The summed E-state index contributed by atoms with van der Waals surface area (Å²) in [6.07, 6.45) is 4.16. The van der Waals surface area contributed by atoms with Crippen LogP contribution >= 0.6 is 0 Å². The second kappa shape index (κ2) is 4.76. The van der Waals surface area contributed by atoms with Crippen LogP contribution in [0, 0.1) is 23.7 Å². The predicted molar refractivity (Wildman–Crippen MR) is 72.4 cm³/mol. The lowest BCUT2D eigenvalue weighted by Crippen LogP contribution is -2.11. The second-order valence-electron chi connectivity index (χ2n) is 6.30. The summed E-state index contributed by atoms with van der Waals surface area (Å²) in [5.41, 5.74) is 1.33. The standard InChI is InChI=1S/C16H20O4/c1-8-4-12-11(10(8)3)6-14(17)13(12)7-19-15-5-9(2)16(18)20-15/h5,7-8,10-12,15H,4,6H2,1-3H3/b13-7+/t8?,10?,11-,12+,15-/m1/s1. The normalized spacial score (nSPS) is 41.9. The van der Waals surface area contributed by atoms with Gasteiger partial charge in [-0.05, 0) is 37.0 Å². The molecule has 2 aliphatic carbocycles. The molecule has 0 radical (unpaired) electrons. The number of ether oxygens (including phenoxy) is 2. The van der Waals surface area contributed by atoms with Crippen LogP contribution in [0.5, 0.6) is 0 Å². The van der Waals surface area contributed by atoms with Gasteiger partial charge >= 0.3 is 5.97 Å². The van der Waals surface area contributed by atoms with Crippen molar-refractivity contribution in [3.63, 3.8) is 0 Å². The molecule has 0 spiro atoms. The topological polar surface area (TPSA) is 52.6 Å². The quantitative estimate of drug-likeness (QED) is 0.442. The molecule has 3 rings (SSSR count). The third kappa shape index (κ3) is 2.07. The molecule has 5 atom stereocenters. The maximum absolute atomic E-state index is 12.1. The van der Waals surface area contributed by atoms with E-state index in [2.05, 4.69) is 13.8 Å². The first-order valence-electron chi connectivity index (χ1n) is 7.25. The second-order valence-corrected chi connectivity index (χ2v) is 6.30. The van der Waals surface area contributed by atoms with Crippen LogP contribution < -0.4 is 0 Å². The molecule has 108 valence electrons. The first-order chi connectivity index (χ1) is 9.47. The van der Waals surface area contributed by atoms with Crippen molar-refractivity contribution in [3.05, 3.63) is 23.5 Å². The van der Waals surface area contributed by atoms with E-state index in [9.17, 15) is 9.59 Å². The smallest absolute Gasteiger partial charge is 0.336 e. The number of carbonyl (C=O) groups is 2. The zero-order chi connectivity index (χ0) is 14.4. The van der Waals surface area contributed by atoms with E-state index < -0.39 is 6.29 Å². The van der Waals surface area contributed by atoms with Gasteiger partial charge in [0.25, 0.3) is 6.29 Å². The van der Waals surface area contributed by atoms with Gasteiger partial charge in [-0.25, -0.2) is 4.79 Å². The molecular formula is C16H20O4. The summed E-state index contributed by atoms with van der Waals surface area (Å²) in [6.45, 7) is 6.17. The van der Waals surface area contributed by atoms with Crippen molar-refractivity contribution in [3.8, 4) is 0 Å². The number of rotatable bonds is 2. The van der Waals surface area contributed by atoms with Crippen molar-refractivity contribution in [2.45, 2.75) is 39.9 Å². The van der Waals surface area contributed by atoms with Gasteiger partial charge in [-0.15, -0.1) is 0 Å². The monoisotopic (exact) mass is 276 g/mol. The van der Waals surface area contributed by atoms with Crippen molar-refractivity contribution in [2.75, 3.05) is 0 Å². The van der Waals surface area contributed by atoms with E-state index >= 15 is 0 Å². The summed E-state index contributed by atoms with van der Waals surface area (Å²) < 4.78 is 10.5. The fraction of sp³-hybridized carbons (Fsp3) is 0.625. The predicted octanol–water partition coefficient (Wildman–Crippen LogP) is 2.60. The Bertz CT molecular complexity index is 517. The van der Waals surface area contributed by atoms with Gasteiger partial charge in [0, 0.05) is 23.6 Å².